The molecular formula is C19H21N3O4S2. The number of thiophene rings is 1. The maximum absolute atomic E-state index is 12.2. The first kappa shape index (κ1) is 20.2. The van der Waals surface area contributed by atoms with E-state index in [1.165, 1.54) is 11.3 Å². The summed E-state index contributed by atoms with van der Waals surface area (Å²) >= 11 is 1.27. The third-order valence-electron chi connectivity index (χ3n) is 3.92. The van der Waals surface area contributed by atoms with E-state index >= 15 is 0 Å². The molecule has 0 atom stereocenters. The van der Waals surface area contributed by atoms with Crippen LogP contribution in [-0.2, 0) is 16.4 Å². The molecule has 148 valence electrons. The minimum absolute atomic E-state index is 0.142. The fraction of sp³-hybridized carbons (Fsp3) is 0.263. The highest BCUT2D eigenvalue weighted by molar-refractivity contribution is 7.91. The average molecular weight is 420 g/mol. The number of hydrogen-bond acceptors (Lipinski definition) is 7. The number of nitrogens with zero attached hydrogens (tertiary/aromatic N) is 2. The van der Waals surface area contributed by atoms with E-state index in [2.05, 4.69) is 14.9 Å². The molecule has 0 unspecified atom stereocenters. The zero-order chi connectivity index (χ0) is 20.0. The van der Waals surface area contributed by atoms with E-state index in [-0.39, 0.29) is 13.2 Å². The zero-order valence-corrected chi connectivity index (χ0v) is 17.2. The predicted molar refractivity (Wildman–Crippen MR) is 108 cm³/mol. The maximum atomic E-state index is 12.2. The van der Waals surface area contributed by atoms with Crippen LogP contribution in [0.3, 0.4) is 0 Å². The molecule has 9 heteroatoms. The van der Waals surface area contributed by atoms with Crippen molar-refractivity contribution in [2.45, 2.75) is 17.6 Å². The molecule has 1 N–H and O–H groups in total. The summed E-state index contributed by atoms with van der Waals surface area (Å²) < 4.78 is 37.9. The van der Waals surface area contributed by atoms with E-state index < -0.39 is 10.0 Å². The molecule has 0 saturated heterocycles. The van der Waals surface area contributed by atoms with Gasteiger partial charge in [0.05, 0.1) is 12.8 Å². The van der Waals surface area contributed by atoms with E-state index in [9.17, 15) is 8.42 Å². The Labute approximate surface area is 168 Å². The first-order chi connectivity index (χ1) is 13.5. The number of rotatable bonds is 9. The quantitative estimate of drug-likeness (QED) is 0.536. The van der Waals surface area contributed by atoms with Gasteiger partial charge in [-0.1, -0.05) is 6.92 Å². The van der Waals surface area contributed by atoms with Gasteiger partial charge in [-0.25, -0.2) is 13.1 Å². The second-order valence-electron chi connectivity index (χ2n) is 5.81. The van der Waals surface area contributed by atoms with Crippen LogP contribution in [0.2, 0.25) is 0 Å². The smallest absolute Gasteiger partial charge is 0.250 e. The van der Waals surface area contributed by atoms with E-state index in [4.69, 9.17) is 9.47 Å². The molecule has 0 saturated carbocycles. The van der Waals surface area contributed by atoms with Gasteiger partial charge in [-0.05, 0) is 48.9 Å². The van der Waals surface area contributed by atoms with E-state index in [1.807, 2.05) is 37.3 Å². The highest BCUT2D eigenvalue weighted by Gasteiger charge is 2.16. The molecule has 0 bridgehead atoms. The lowest BCUT2D eigenvalue weighted by Gasteiger charge is -2.07. The van der Waals surface area contributed by atoms with Crippen molar-refractivity contribution >= 4 is 21.4 Å². The number of aromatic nitrogens is 2. The normalized spacial score (nSPS) is 11.4. The van der Waals surface area contributed by atoms with Crippen LogP contribution < -0.4 is 14.2 Å². The van der Waals surface area contributed by atoms with Gasteiger partial charge < -0.3 is 9.47 Å². The van der Waals surface area contributed by atoms with Gasteiger partial charge in [0.15, 0.2) is 0 Å². The summed E-state index contributed by atoms with van der Waals surface area (Å²) in [6, 6.07) is 14.4. The number of ether oxygens (including phenoxy) is 2. The van der Waals surface area contributed by atoms with Crippen molar-refractivity contribution in [3.8, 4) is 22.9 Å². The molecule has 3 aromatic rings. The topological polar surface area (TPSA) is 90.4 Å². The van der Waals surface area contributed by atoms with Gasteiger partial charge in [0, 0.05) is 23.1 Å². The molecule has 0 aliphatic rings. The predicted octanol–water partition coefficient (Wildman–Crippen LogP) is 3.13. The van der Waals surface area contributed by atoms with Crippen LogP contribution >= 0.6 is 11.3 Å². The van der Waals surface area contributed by atoms with Crippen LogP contribution in [0, 0.1) is 0 Å². The summed E-state index contributed by atoms with van der Waals surface area (Å²) in [4.78, 5) is 1.03. The lowest BCUT2D eigenvalue weighted by atomic mass is 10.1. The first-order valence-electron chi connectivity index (χ1n) is 8.71. The zero-order valence-electron chi connectivity index (χ0n) is 15.6. The second-order valence-corrected chi connectivity index (χ2v) is 8.97. The Kier molecular flexibility index (Phi) is 6.61. The third-order valence-corrected chi connectivity index (χ3v) is 7.10. The molecule has 0 aliphatic heterocycles. The Balaban J connectivity index is 1.51. The van der Waals surface area contributed by atoms with Gasteiger partial charge in [-0.3, -0.25) is 0 Å². The van der Waals surface area contributed by atoms with Crippen LogP contribution in [0.1, 0.15) is 11.8 Å². The summed E-state index contributed by atoms with van der Waals surface area (Å²) in [5, 5.41) is 8.16. The van der Waals surface area contributed by atoms with Crippen molar-refractivity contribution in [1.82, 2.24) is 14.9 Å². The molecular weight excluding hydrogens is 398 g/mol. The summed E-state index contributed by atoms with van der Waals surface area (Å²) in [5.41, 5.74) is 1.62. The summed E-state index contributed by atoms with van der Waals surface area (Å²) in [6.45, 7) is 2.29. The minimum atomic E-state index is -3.51. The standard InChI is InChI=1S/C19H21N3O4S2/c1-3-16-8-11-19(27-16)28(23,24)20-12-13-26-18-10-9-17(21-22-18)14-4-6-15(25-2)7-5-14/h4-11,20H,3,12-13H2,1-2H3. The number of hydrogen-bond donors (Lipinski definition) is 1. The maximum Gasteiger partial charge on any atom is 0.250 e. The Morgan fingerprint density at radius 3 is 2.43 bits per heavy atom. The van der Waals surface area contributed by atoms with Gasteiger partial charge in [-0.2, -0.15) is 0 Å². The minimum Gasteiger partial charge on any atom is -0.497 e. The van der Waals surface area contributed by atoms with Gasteiger partial charge in [0.2, 0.25) is 15.9 Å². The molecule has 3 rings (SSSR count). The molecule has 2 aromatic heterocycles. The lowest BCUT2D eigenvalue weighted by Crippen LogP contribution is -2.27. The first-order valence-corrected chi connectivity index (χ1v) is 11.0. The summed E-state index contributed by atoms with van der Waals surface area (Å²) in [6.07, 6.45) is 0.814. The highest BCUT2D eigenvalue weighted by atomic mass is 32.2. The van der Waals surface area contributed by atoms with E-state index in [0.717, 1.165) is 22.6 Å². The van der Waals surface area contributed by atoms with Crippen molar-refractivity contribution < 1.29 is 17.9 Å². The Morgan fingerprint density at radius 2 is 1.82 bits per heavy atom. The molecule has 0 aliphatic carbocycles. The van der Waals surface area contributed by atoms with Crippen molar-refractivity contribution in [2.24, 2.45) is 0 Å². The Morgan fingerprint density at radius 1 is 1.04 bits per heavy atom. The van der Waals surface area contributed by atoms with Crippen LogP contribution in [0.25, 0.3) is 11.3 Å². The average Bonchev–Trinajstić information content (AvgIpc) is 3.22. The summed E-state index contributed by atoms with van der Waals surface area (Å²) in [7, 11) is -1.90. The number of sulfonamides is 1. The van der Waals surface area contributed by atoms with Crippen molar-refractivity contribution in [3.63, 3.8) is 0 Å². The molecule has 0 spiro atoms. The Hall–Kier alpha value is -2.49. The lowest BCUT2D eigenvalue weighted by molar-refractivity contribution is 0.307. The molecule has 0 amide bonds. The number of aryl methyl sites for hydroxylation is 1. The molecule has 2 heterocycles. The molecule has 1 aromatic carbocycles. The monoisotopic (exact) mass is 419 g/mol. The molecule has 7 nitrogen and oxygen atoms in total. The van der Waals surface area contributed by atoms with Crippen molar-refractivity contribution in [2.75, 3.05) is 20.3 Å². The number of methoxy groups -OCH3 is 1. The van der Waals surface area contributed by atoms with Gasteiger partial charge in [0.25, 0.3) is 0 Å². The van der Waals surface area contributed by atoms with Crippen molar-refractivity contribution in [1.29, 1.82) is 0 Å². The van der Waals surface area contributed by atoms with Crippen LogP contribution in [0.4, 0.5) is 0 Å². The fourth-order valence-electron chi connectivity index (χ4n) is 2.41. The Bertz CT molecular complexity index is 1000. The van der Waals surface area contributed by atoms with Crippen LogP contribution in [0.15, 0.2) is 52.7 Å². The van der Waals surface area contributed by atoms with E-state index in [1.54, 1.807) is 25.3 Å². The molecule has 28 heavy (non-hydrogen) atoms. The van der Waals surface area contributed by atoms with Crippen LogP contribution in [-0.4, -0.2) is 38.9 Å². The van der Waals surface area contributed by atoms with E-state index in [0.29, 0.717) is 15.8 Å². The van der Waals surface area contributed by atoms with Gasteiger partial charge >= 0.3 is 0 Å². The molecule has 0 fully saturated rings. The largest absolute Gasteiger partial charge is 0.497 e. The van der Waals surface area contributed by atoms with Gasteiger partial charge in [-0.15, -0.1) is 21.5 Å². The van der Waals surface area contributed by atoms with Crippen molar-refractivity contribution in [3.05, 3.63) is 53.4 Å². The number of benzene rings is 1. The van der Waals surface area contributed by atoms with Crippen LogP contribution in [0.5, 0.6) is 11.6 Å². The summed E-state index contributed by atoms with van der Waals surface area (Å²) in [5.74, 6) is 1.11. The fourth-order valence-corrected chi connectivity index (χ4v) is 4.76. The molecule has 0 radical (unpaired) electrons. The number of nitrogens with one attached hydrogen (secondary N) is 1. The third kappa shape index (κ3) is 5.06. The highest BCUT2D eigenvalue weighted by Crippen LogP contribution is 2.22. The second kappa shape index (κ2) is 9.13. The SMILES string of the molecule is CCc1ccc(S(=O)(=O)NCCOc2ccc(-c3ccc(OC)cc3)nn2)s1. The van der Waals surface area contributed by atoms with Gasteiger partial charge in [0.1, 0.15) is 16.6 Å².